The number of benzene rings is 2. The molecule has 2 aromatic rings. The number of nitrogens with one attached hydrogen (secondary N) is 1. The Morgan fingerprint density at radius 2 is 1.82 bits per heavy atom. The van der Waals surface area contributed by atoms with Crippen molar-refractivity contribution in [2.24, 2.45) is 0 Å². The van der Waals surface area contributed by atoms with Crippen LogP contribution in [0.1, 0.15) is 30.1 Å². The molecule has 1 aliphatic heterocycles. The molecule has 28 heavy (non-hydrogen) atoms. The molecule has 0 spiro atoms. The number of hydrogen-bond acceptors (Lipinski definition) is 5. The van der Waals surface area contributed by atoms with E-state index in [1.165, 1.54) is 13.0 Å². The summed E-state index contributed by atoms with van der Waals surface area (Å²) < 4.78 is 39.3. The Morgan fingerprint density at radius 1 is 1.14 bits per heavy atom. The first-order valence-corrected chi connectivity index (χ1v) is 9.89. The largest absolute Gasteiger partial charge is 0.324 e. The van der Waals surface area contributed by atoms with Crippen molar-refractivity contribution in [2.45, 2.75) is 30.7 Å². The van der Waals surface area contributed by atoms with Crippen molar-refractivity contribution in [3.63, 3.8) is 0 Å². The molecule has 0 unspecified atom stereocenters. The van der Waals surface area contributed by atoms with Crippen LogP contribution in [0.25, 0.3) is 0 Å². The standard InChI is InChI=1S/C19H17FN2O5S/c1-12(23)13-3-2-4-15(11-13)21-19(25)17-9-10-18(24)22(17)28(26,27)16-7-5-14(20)6-8-16/h2-8,11,17H,9-10H2,1H3,(H,21,25)/t17-/m0/s1. The lowest BCUT2D eigenvalue weighted by Crippen LogP contribution is -2.45. The molecule has 3 rings (SSSR count). The smallest absolute Gasteiger partial charge is 0.267 e. The fraction of sp³-hybridized carbons (Fsp3) is 0.211. The number of carbonyl (C=O) groups excluding carboxylic acids is 3. The fourth-order valence-electron chi connectivity index (χ4n) is 2.96. The lowest BCUT2D eigenvalue weighted by atomic mass is 10.1. The summed E-state index contributed by atoms with van der Waals surface area (Å²) in [5.41, 5.74) is 0.701. The van der Waals surface area contributed by atoms with Crippen molar-refractivity contribution < 1.29 is 27.2 Å². The first-order valence-electron chi connectivity index (χ1n) is 8.45. The van der Waals surface area contributed by atoms with E-state index in [4.69, 9.17) is 0 Å². The number of rotatable bonds is 5. The summed E-state index contributed by atoms with van der Waals surface area (Å²) in [4.78, 5) is 36.1. The zero-order valence-corrected chi connectivity index (χ0v) is 15.7. The van der Waals surface area contributed by atoms with Crippen LogP contribution in [0.5, 0.6) is 0 Å². The number of halogens is 1. The molecular weight excluding hydrogens is 387 g/mol. The highest BCUT2D eigenvalue weighted by Crippen LogP contribution is 2.28. The van der Waals surface area contributed by atoms with Gasteiger partial charge in [0.2, 0.25) is 11.8 Å². The van der Waals surface area contributed by atoms with Gasteiger partial charge in [0.05, 0.1) is 4.90 Å². The molecule has 2 amide bonds. The third-order valence-corrected chi connectivity index (χ3v) is 6.21. The van der Waals surface area contributed by atoms with E-state index in [0.29, 0.717) is 15.6 Å². The van der Waals surface area contributed by atoms with E-state index in [2.05, 4.69) is 5.32 Å². The second kappa shape index (κ2) is 7.51. The molecule has 1 N–H and O–H groups in total. The van der Waals surface area contributed by atoms with Crippen LogP contribution in [-0.2, 0) is 19.6 Å². The third kappa shape index (κ3) is 3.79. The molecule has 1 fully saturated rings. The minimum atomic E-state index is -4.31. The molecule has 1 heterocycles. The SMILES string of the molecule is CC(=O)c1cccc(NC(=O)[C@@H]2CCC(=O)N2S(=O)(=O)c2ccc(F)cc2)c1. The van der Waals surface area contributed by atoms with Gasteiger partial charge in [-0.25, -0.2) is 17.1 Å². The molecular formula is C19H17FN2O5S. The van der Waals surface area contributed by atoms with Crippen molar-refractivity contribution in [2.75, 3.05) is 5.32 Å². The van der Waals surface area contributed by atoms with E-state index in [1.54, 1.807) is 18.2 Å². The zero-order valence-electron chi connectivity index (χ0n) is 14.9. The molecule has 0 aromatic heterocycles. The molecule has 1 atom stereocenters. The second-order valence-corrected chi connectivity index (χ2v) is 8.14. The van der Waals surface area contributed by atoms with Crippen LogP contribution in [0, 0.1) is 5.82 Å². The quantitative estimate of drug-likeness (QED) is 0.771. The predicted octanol–water partition coefficient (Wildman–Crippen LogP) is 2.35. The molecule has 0 radical (unpaired) electrons. The third-order valence-electron chi connectivity index (χ3n) is 4.37. The highest BCUT2D eigenvalue weighted by molar-refractivity contribution is 7.89. The van der Waals surface area contributed by atoms with Crippen LogP contribution in [0.2, 0.25) is 0 Å². The Hall–Kier alpha value is -3.07. The zero-order chi connectivity index (χ0) is 20.5. The number of hydrogen-bond donors (Lipinski definition) is 1. The van der Waals surface area contributed by atoms with E-state index in [1.807, 2.05) is 0 Å². The first kappa shape index (κ1) is 19.7. The number of Topliss-reactive ketones (excluding diaryl/α,β-unsaturated/α-hetero) is 1. The number of sulfonamides is 1. The van der Waals surface area contributed by atoms with Gasteiger partial charge in [-0.2, -0.15) is 0 Å². The van der Waals surface area contributed by atoms with Crippen molar-refractivity contribution in [1.82, 2.24) is 4.31 Å². The number of anilines is 1. The molecule has 1 saturated heterocycles. The summed E-state index contributed by atoms with van der Waals surface area (Å²) in [6.07, 6.45) is -0.0799. The highest BCUT2D eigenvalue weighted by atomic mass is 32.2. The Bertz CT molecular complexity index is 1050. The number of ketones is 1. The van der Waals surface area contributed by atoms with E-state index < -0.39 is 33.7 Å². The van der Waals surface area contributed by atoms with Crippen LogP contribution in [-0.4, -0.2) is 36.4 Å². The van der Waals surface area contributed by atoms with Crippen LogP contribution in [0.4, 0.5) is 10.1 Å². The van der Waals surface area contributed by atoms with Gasteiger partial charge in [-0.1, -0.05) is 12.1 Å². The van der Waals surface area contributed by atoms with Gasteiger partial charge >= 0.3 is 0 Å². The minimum Gasteiger partial charge on any atom is -0.324 e. The van der Waals surface area contributed by atoms with Crippen LogP contribution < -0.4 is 5.32 Å². The summed E-state index contributed by atoms with van der Waals surface area (Å²) in [6, 6.07) is 8.98. The Kier molecular flexibility index (Phi) is 5.28. The number of amides is 2. The van der Waals surface area contributed by atoms with Gasteiger partial charge in [-0.15, -0.1) is 0 Å². The Labute approximate surface area is 161 Å². The van der Waals surface area contributed by atoms with Crippen molar-refractivity contribution in [3.05, 3.63) is 59.9 Å². The molecule has 1 aliphatic rings. The van der Waals surface area contributed by atoms with Gasteiger partial charge in [0.15, 0.2) is 5.78 Å². The minimum absolute atomic E-state index is 0.0253. The average molecular weight is 404 g/mol. The predicted molar refractivity (Wildman–Crippen MR) is 98.5 cm³/mol. The molecule has 0 bridgehead atoms. The van der Waals surface area contributed by atoms with Gasteiger partial charge < -0.3 is 5.32 Å². The Balaban J connectivity index is 1.87. The van der Waals surface area contributed by atoms with E-state index >= 15 is 0 Å². The van der Waals surface area contributed by atoms with Gasteiger partial charge in [-0.05, 0) is 49.7 Å². The van der Waals surface area contributed by atoms with Crippen molar-refractivity contribution in [3.8, 4) is 0 Å². The summed E-state index contributed by atoms with van der Waals surface area (Å²) in [5, 5.41) is 2.55. The van der Waals surface area contributed by atoms with E-state index in [-0.39, 0.29) is 23.5 Å². The monoisotopic (exact) mass is 404 g/mol. The summed E-state index contributed by atoms with van der Waals surface area (Å²) in [5.74, 6) is -2.20. The van der Waals surface area contributed by atoms with Crippen molar-refractivity contribution >= 4 is 33.3 Å². The molecule has 2 aromatic carbocycles. The topological polar surface area (TPSA) is 101 Å². The van der Waals surface area contributed by atoms with Gasteiger partial charge in [-0.3, -0.25) is 14.4 Å². The molecule has 0 saturated carbocycles. The summed E-state index contributed by atoms with van der Waals surface area (Å²) in [6.45, 7) is 1.38. The highest BCUT2D eigenvalue weighted by Gasteiger charge is 2.44. The van der Waals surface area contributed by atoms with Crippen LogP contribution in [0.3, 0.4) is 0 Å². The fourth-order valence-corrected chi connectivity index (χ4v) is 4.56. The van der Waals surface area contributed by atoms with E-state index in [9.17, 15) is 27.2 Å². The van der Waals surface area contributed by atoms with Gasteiger partial charge in [0.25, 0.3) is 10.0 Å². The maximum absolute atomic E-state index is 13.1. The van der Waals surface area contributed by atoms with Gasteiger partial charge in [0.1, 0.15) is 11.9 Å². The lowest BCUT2D eigenvalue weighted by molar-refractivity contribution is -0.128. The number of carbonyl (C=O) groups is 3. The average Bonchev–Trinajstić information content (AvgIpc) is 3.05. The summed E-state index contributed by atoms with van der Waals surface area (Å²) in [7, 11) is -4.31. The number of nitrogens with zero attached hydrogens (tertiary/aromatic N) is 1. The lowest BCUT2D eigenvalue weighted by Gasteiger charge is -2.23. The maximum Gasteiger partial charge on any atom is 0.267 e. The summed E-state index contributed by atoms with van der Waals surface area (Å²) >= 11 is 0. The van der Waals surface area contributed by atoms with Crippen LogP contribution >= 0.6 is 0 Å². The molecule has 0 aliphatic carbocycles. The van der Waals surface area contributed by atoms with Gasteiger partial charge in [0, 0.05) is 17.7 Å². The van der Waals surface area contributed by atoms with Crippen LogP contribution in [0.15, 0.2) is 53.4 Å². The first-order chi connectivity index (χ1) is 13.2. The Morgan fingerprint density at radius 3 is 2.46 bits per heavy atom. The molecule has 9 heteroatoms. The maximum atomic E-state index is 13.1. The normalized spacial score (nSPS) is 16.9. The molecule has 7 nitrogen and oxygen atoms in total. The second-order valence-electron chi connectivity index (χ2n) is 6.33. The van der Waals surface area contributed by atoms with Crippen molar-refractivity contribution in [1.29, 1.82) is 0 Å². The van der Waals surface area contributed by atoms with E-state index in [0.717, 1.165) is 24.3 Å². The molecule has 146 valence electrons.